The summed E-state index contributed by atoms with van der Waals surface area (Å²) < 4.78 is 18.7. The van der Waals surface area contributed by atoms with Gasteiger partial charge in [-0.2, -0.15) is 0 Å². The molecule has 0 spiro atoms. The number of halogens is 1. The van der Waals surface area contributed by atoms with Gasteiger partial charge in [-0.25, -0.2) is 14.0 Å². The molecule has 0 aliphatic carbocycles. The van der Waals surface area contributed by atoms with Crippen LogP contribution in [0.1, 0.15) is 10.4 Å². The van der Waals surface area contributed by atoms with Crippen molar-refractivity contribution < 1.29 is 23.8 Å². The van der Waals surface area contributed by atoms with Crippen molar-refractivity contribution >= 4 is 16.9 Å². The van der Waals surface area contributed by atoms with Crippen LogP contribution in [-0.4, -0.2) is 16.2 Å². The summed E-state index contributed by atoms with van der Waals surface area (Å²) in [6.07, 6.45) is 0. The maximum atomic E-state index is 13.8. The molecule has 6 heteroatoms. The number of carbonyl (C=O) groups is 1. The van der Waals surface area contributed by atoms with E-state index in [1.54, 1.807) is 6.07 Å². The van der Waals surface area contributed by atoms with E-state index < -0.39 is 23.0 Å². The van der Waals surface area contributed by atoms with Crippen molar-refractivity contribution in [3.8, 4) is 16.9 Å². The van der Waals surface area contributed by atoms with Gasteiger partial charge in [0.25, 0.3) is 0 Å². The number of carboxylic acid groups (broad SMARTS) is 1. The Kier molecular flexibility index (Phi) is 3.14. The number of carboxylic acids is 1. The molecule has 1 aromatic heterocycles. The zero-order valence-corrected chi connectivity index (χ0v) is 11.0. The maximum Gasteiger partial charge on any atom is 0.351 e. The molecule has 0 amide bonds. The van der Waals surface area contributed by atoms with Gasteiger partial charge in [-0.15, -0.1) is 0 Å². The second-order valence-corrected chi connectivity index (χ2v) is 4.64. The molecule has 0 unspecified atom stereocenters. The lowest BCUT2D eigenvalue weighted by Crippen LogP contribution is -2.12. The molecule has 22 heavy (non-hydrogen) atoms. The van der Waals surface area contributed by atoms with Crippen LogP contribution < -0.4 is 5.63 Å². The molecule has 110 valence electrons. The Morgan fingerprint density at radius 2 is 1.82 bits per heavy atom. The highest BCUT2D eigenvalue weighted by Crippen LogP contribution is 2.34. The molecule has 0 radical (unpaired) electrons. The Bertz CT molecular complexity index is 958. The van der Waals surface area contributed by atoms with Gasteiger partial charge in [-0.05, 0) is 18.2 Å². The Hall–Kier alpha value is -3.15. The predicted octanol–water partition coefficient (Wildman–Crippen LogP) is 3.00. The first-order valence-corrected chi connectivity index (χ1v) is 6.26. The van der Waals surface area contributed by atoms with Crippen LogP contribution in [0.15, 0.2) is 51.7 Å². The summed E-state index contributed by atoms with van der Waals surface area (Å²) >= 11 is 0. The van der Waals surface area contributed by atoms with Crippen molar-refractivity contribution in [2.75, 3.05) is 0 Å². The van der Waals surface area contributed by atoms with Crippen LogP contribution in [-0.2, 0) is 0 Å². The number of aromatic carboxylic acids is 1. The van der Waals surface area contributed by atoms with E-state index in [9.17, 15) is 19.1 Å². The minimum absolute atomic E-state index is 0.0209. The van der Waals surface area contributed by atoms with Gasteiger partial charge in [0, 0.05) is 22.6 Å². The van der Waals surface area contributed by atoms with Crippen LogP contribution in [0.5, 0.6) is 5.75 Å². The number of fused-ring (bicyclic) bond motifs is 1. The highest BCUT2D eigenvalue weighted by molar-refractivity contribution is 5.94. The van der Waals surface area contributed by atoms with Gasteiger partial charge in [-0.1, -0.05) is 18.2 Å². The average Bonchev–Trinajstić information content (AvgIpc) is 2.46. The summed E-state index contributed by atoms with van der Waals surface area (Å²) in [5.41, 5.74) is -1.19. The Morgan fingerprint density at radius 3 is 2.50 bits per heavy atom. The molecule has 0 saturated heterocycles. The number of phenolic OH excluding ortho intramolecular Hbond substituents is 1. The molecule has 0 bridgehead atoms. The standard InChI is InChI=1S/C16H9FO5/c17-12-4-2-1-3-9(12)10-5-8-6-11(15(19)20)16(21)22-14(8)7-13(10)18/h1-7,18H,(H,19,20). The third-order valence-electron chi connectivity index (χ3n) is 3.24. The van der Waals surface area contributed by atoms with Crippen molar-refractivity contribution in [2.45, 2.75) is 0 Å². The first-order valence-electron chi connectivity index (χ1n) is 6.26. The quantitative estimate of drug-likeness (QED) is 0.710. The second kappa shape index (κ2) is 5.00. The predicted molar refractivity (Wildman–Crippen MR) is 76.5 cm³/mol. The molecule has 0 saturated carbocycles. The van der Waals surface area contributed by atoms with Gasteiger partial charge in [-0.3, -0.25) is 0 Å². The number of benzene rings is 2. The molecular weight excluding hydrogens is 291 g/mol. The lowest BCUT2D eigenvalue weighted by molar-refractivity contribution is 0.0692. The summed E-state index contributed by atoms with van der Waals surface area (Å²) in [4.78, 5) is 22.5. The molecule has 5 nitrogen and oxygen atoms in total. The van der Waals surface area contributed by atoms with Gasteiger partial charge >= 0.3 is 11.6 Å². The summed E-state index contributed by atoms with van der Waals surface area (Å²) in [6, 6.07) is 9.50. The first-order chi connectivity index (χ1) is 10.5. The van der Waals surface area contributed by atoms with Crippen molar-refractivity contribution in [1.82, 2.24) is 0 Å². The number of aromatic hydroxyl groups is 1. The number of rotatable bonds is 2. The molecule has 2 N–H and O–H groups in total. The van der Waals surface area contributed by atoms with Crippen LogP contribution in [0.3, 0.4) is 0 Å². The van der Waals surface area contributed by atoms with Crippen LogP contribution in [0.25, 0.3) is 22.1 Å². The van der Waals surface area contributed by atoms with E-state index >= 15 is 0 Å². The zero-order valence-electron chi connectivity index (χ0n) is 11.0. The van der Waals surface area contributed by atoms with E-state index in [0.29, 0.717) is 0 Å². The molecule has 0 aliphatic rings. The van der Waals surface area contributed by atoms with E-state index in [-0.39, 0.29) is 27.8 Å². The van der Waals surface area contributed by atoms with Crippen molar-refractivity contribution in [3.63, 3.8) is 0 Å². The van der Waals surface area contributed by atoms with Gasteiger partial charge in [0.15, 0.2) is 0 Å². The third-order valence-corrected chi connectivity index (χ3v) is 3.24. The van der Waals surface area contributed by atoms with E-state index in [1.165, 1.54) is 24.3 Å². The highest BCUT2D eigenvalue weighted by Gasteiger charge is 2.16. The molecule has 0 aliphatic heterocycles. The van der Waals surface area contributed by atoms with E-state index in [1.807, 2.05) is 0 Å². The minimum atomic E-state index is -1.42. The van der Waals surface area contributed by atoms with E-state index in [0.717, 1.165) is 12.1 Å². The van der Waals surface area contributed by atoms with Crippen molar-refractivity contribution in [2.24, 2.45) is 0 Å². The van der Waals surface area contributed by atoms with Gasteiger partial charge in [0.05, 0.1) is 0 Å². The van der Waals surface area contributed by atoms with Gasteiger partial charge < -0.3 is 14.6 Å². The maximum absolute atomic E-state index is 13.8. The molecule has 3 rings (SSSR count). The van der Waals surface area contributed by atoms with Crippen LogP contribution >= 0.6 is 0 Å². The third kappa shape index (κ3) is 2.20. The Balaban J connectivity index is 2.32. The lowest BCUT2D eigenvalue weighted by atomic mass is 10.0. The number of hydrogen-bond donors (Lipinski definition) is 2. The fourth-order valence-corrected chi connectivity index (χ4v) is 2.20. The van der Waals surface area contributed by atoms with Gasteiger partial charge in [0.1, 0.15) is 22.7 Å². The molecule has 0 fully saturated rings. The lowest BCUT2D eigenvalue weighted by Gasteiger charge is -2.08. The molecule has 1 heterocycles. The fourth-order valence-electron chi connectivity index (χ4n) is 2.20. The molecular formula is C16H9FO5. The highest BCUT2D eigenvalue weighted by atomic mass is 19.1. The first kappa shape index (κ1) is 13.8. The number of phenols is 1. The minimum Gasteiger partial charge on any atom is -0.507 e. The monoisotopic (exact) mass is 300 g/mol. The topological polar surface area (TPSA) is 87.7 Å². The Labute approximate surface area is 122 Å². The SMILES string of the molecule is O=C(O)c1cc2cc(-c3ccccc3F)c(O)cc2oc1=O. The molecule has 2 aromatic carbocycles. The van der Waals surface area contributed by atoms with E-state index in [4.69, 9.17) is 9.52 Å². The smallest absolute Gasteiger partial charge is 0.351 e. The summed E-state index contributed by atoms with van der Waals surface area (Å²) in [7, 11) is 0. The summed E-state index contributed by atoms with van der Waals surface area (Å²) in [5.74, 6) is -2.23. The normalized spacial score (nSPS) is 10.8. The Morgan fingerprint density at radius 1 is 1.09 bits per heavy atom. The largest absolute Gasteiger partial charge is 0.507 e. The zero-order chi connectivity index (χ0) is 15.9. The molecule has 3 aromatic rings. The van der Waals surface area contributed by atoms with Crippen molar-refractivity contribution in [3.05, 3.63) is 64.3 Å². The van der Waals surface area contributed by atoms with Gasteiger partial charge in [0.2, 0.25) is 0 Å². The molecule has 0 atom stereocenters. The summed E-state index contributed by atoms with van der Waals surface area (Å²) in [5, 5.41) is 19.2. The fraction of sp³-hybridized carbons (Fsp3) is 0. The van der Waals surface area contributed by atoms with Crippen LogP contribution in [0.4, 0.5) is 4.39 Å². The number of hydrogen-bond acceptors (Lipinski definition) is 4. The van der Waals surface area contributed by atoms with Crippen LogP contribution in [0, 0.1) is 5.82 Å². The average molecular weight is 300 g/mol. The summed E-state index contributed by atoms with van der Waals surface area (Å²) in [6.45, 7) is 0. The van der Waals surface area contributed by atoms with E-state index in [2.05, 4.69) is 0 Å². The second-order valence-electron chi connectivity index (χ2n) is 4.64. The van der Waals surface area contributed by atoms with Crippen LogP contribution in [0.2, 0.25) is 0 Å². The van der Waals surface area contributed by atoms with Crippen molar-refractivity contribution in [1.29, 1.82) is 0 Å².